The SMILES string of the molecule is CCc1ccc(-c2ccc(N3CCN(C(=O)COc4cc(Cl)c(Cl)cc4Cl)CC3)nn2)cc1. The number of amides is 1. The van der Waals surface area contributed by atoms with Gasteiger partial charge in [0.15, 0.2) is 12.4 Å². The third-order valence-corrected chi connectivity index (χ3v) is 6.61. The molecule has 0 unspecified atom stereocenters. The average Bonchev–Trinajstić information content (AvgIpc) is 2.85. The molecule has 2 heterocycles. The fourth-order valence-corrected chi connectivity index (χ4v) is 4.18. The Kier molecular flexibility index (Phi) is 7.58. The Hall–Kier alpha value is -2.54. The van der Waals surface area contributed by atoms with E-state index in [9.17, 15) is 4.79 Å². The lowest BCUT2D eigenvalue weighted by Crippen LogP contribution is -2.50. The molecule has 0 saturated carbocycles. The highest BCUT2D eigenvalue weighted by Gasteiger charge is 2.23. The first kappa shape index (κ1) is 23.6. The van der Waals surface area contributed by atoms with E-state index in [-0.39, 0.29) is 12.5 Å². The summed E-state index contributed by atoms with van der Waals surface area (Å²) in [7, 11) is 0. The van der Waals surface area contributed by atoms with Crippen LogP contribution >= 0.6 is 34.8 Å². The van der Waals surface area contributed by atoms with Crippen LogP contribution in [0.5, 0.6) is 5.75 Å². The van der Waals surface area contributed by atoms with E-state index in [0.717, 1.165) is 23.5 Å². The Morgan fingerprint density at radius 3 is 2.24 bits per heavy atom. The van der Waals surface area contributed by atoms with E-state index in [0.29, 0.717) is 47.0 Å². The van der Waals surface area contributed by atoms with Gasteiger partial charge in [0.1, 0.15) is 5.75 Å². The number of aromatic nitrogens is 2. The number of carbonyl (C=O) groups excluding carboxylic acids is 1. The molecule has 172 valence electrons. The van der Waals surface area contributed by atoms with Gasteiger partial charge in [-0.2, -0.15) is 0 Å². The highest BCUT2D eigenvalue weighted by Crippen LogP contribution is 2.33. The van der Waals surface area contributed by atoms with E-state index in [4.69, 9.17) is 39.5 Å². The van der Waals surface area contributed by atoms with Crippen LogP contribution in [0, 0.1) is 0 Å². The Labute approximate surface area is 208 Å². The molecule has 0 radical (unpaired) electrons. The fraction of sp³-hybridized carbons (Fsp3) is 0.292. The highest BCUT2D eigenvalue weighted by atomic mass is 35.5. The number of nitrogens with zero attached hydrogens (tertiary/aromatic N) is 4. The molecule has 0 spiro atoms. The third kappa shape index (κ3) is 5.69. The summed E-state index contributed by atoms with van der Waals surface area (Å²) in [6, 6.07) is 15.3. The summed E-state index contributed by atoms with van der Waals surface area (Å²) in [6.45, 7) is 4.48. The van der Waals surface area contributed by atoms with Gasteiger partial charge in [0.25, 0.3) is 5.91 Å². The van der Waals surface area contributed by atoms with Crippen molar-refractivity contribution in [1.29, 1.82) is 0 Å². The van der Waals surface area contributed by atoms with Crippen LogP contribution in [-0.2, 0) is 11.2 Å². The smallest absolute Gasteiger partial charge is 0.260 e. The number of benzene rings is 2. The molecule has 1 amide bonds. The van der Waals surface area contributed by atoms with Gasteiger partial charge in [-0.1, -0.05) is 66.0 Å². The Bertz CT molecular complexity index is 1120. The number of anilines is 1. The summed E-state index contributed by atoms with van der Waals surface area (Å²) in [5.41, 5.74) is 3.18. The van der Waals surface area contributed by atoms with Crippen LogP contribution in [0.4, 0.5) is 5.82 Å². The van der Waals surface area contributed by atoms with Crippen LogP contribution in [0.3, 0.4) is 0 Å². The first-order chi connectivity index (χ1) is 15.9. The summed E-state index contributed by atoms with van der Waals surface area (Å²) in [6.07, 6.45) is 1.01. The maximum Gasteiger partial charge on any atom is 0.260 e. The van der Waals surface area contributed by atoms with Crippen molar-refractivity contribution in [2.75, 3.05) is 37.7 Å². The number of aryl methyl sites for hydroxylation is 1. The fourth-order valence-electron chi connectivity index (χ4n) is 3.59. The monoisotopic (exact) mass is 504 g/mol. The molecule has 0 aliphatic carbocycles. The second-order valence-corrected chi connectivity index (χ2v) is 8.90. The lowest BCUT2D eigenvalue weighted by molar-refractivity contribution is -0.133. The number of ether oxygens (including phenoxy) is 1. The first-order valence-electron chi connectivity index (χ1n) is 10.7. The lowest BCUT2D eigenvalue weighted by atomic mass is 10.1. The van der Waals surface area contributed by atoms with Crippen molar-refractivity contribution < 1.29 is 9.53 Å². The van der Waals surface area contributed by atoms with Gasteiger partial charge in [0, 0.05) is 37.8 Å². The zero-order chi connectivity index (χ0) is 23.4. The second kappa shape index (κ2) is 10.6. The number of carbonyl (C=O) groups is 1. The summed E-state index contributed by atoms with van der Waals surface area (Å²) in [5, 5.41) is 9.76. The van der Waals surface area contributed by atoms with E-state index in [1.165, 1.54) is 17.7 Å². The summed E-state index contributed by atoms with van der Waals surface area (Å²) >= 11 is 18.0. The van der Waals surface area contributed by atoms with Gasteiger partial charge in [0.2, 0.25) is 0 Å². The molecule has 0 N–H and O–H groups in total. The van der Waals surface area contributed by atoms with Crippen molar-refractivity contribution in [3.05, 3.63) is 69.2 Å². The van der Waals surface area contributed by atoms with Gasteiger partial charge >= 0.3 is 0 Å². The number of hydrogen-bond donors (Lipinski definition) is 0. The van der Waals surface area contributed by atoms with Crippen molar-refractivity contribution >= 4 is 46.5 Å². The van der Waals surface area contributed by atoms with Crippen molar-refractivity contribution in [2.45, 2.75) is 13.3 Å². The van der Waals surface area contributed by atoms with E-state index in [1.54, 1.807) is 4.90 Å². The molecule has 1 aromatic heterocycles. The molecule has 1 fully saturated rings. The minimum Gasteiger partial charge on any atom is -0.482 e. The Balaban J connectivity index is 1.30. The topological polar surface area (TPSA) is 58.6 Å². The highest BCUT2D eigenvalue weighted by molar-refractivity contribution is 6.43. The zero-order valence-corrected chi connectivity index (χ0v) is 20.4. The molecule has 3 aromatic rings. The number of halogens is 3. The van der Waals surface area contributed by atoms with Crippen LogP contribution < -0.4 is 9.64 Å². The third-order valence-electron chi connectivity index (χ3n) is 5.59. The zero-order valence-electron chi connectivity index (χ0n) is 18.1. The standard InChI is InChI=1S/C24H23Cl3N4O2/c1-2-16-3-5-17(6-4-16)21-7-8-23(29-28-21)30-9-11-31(12-10-30)24(32)15-33-22-14-19(26)18(25)13-20(22)27/h3-8,13-14H,2,9-12,15H2,1H3. The molecular weight excluding hydrogens is 483 g/mol. The van der Waals surface area contributed by atoms with Gasteiger partial charge in [-0.05, 0) is 30.2 Å². The molecule has 4 rings (SSSR count). The number of rotatable bonds is 6. The molecule has 6 nitrogen and oxygen atoms in total. The molecule has 1 saturated heterocycles. The average molecular weight is 506 g/mol. The molecule has 2 aromatic carbocycles. The second-order valence-electron chi connectivity index (χ2n) is 7.68. The minimum absolute atomic E-state index is 0.117. The van der Waals surface area contributed by atoms with Crippen molar-refractivity contribution in [3.63, 3.8) is 0 Å². The molecule has 0 bridgehead atoms. The summed E-state index contributed by atoms with van der Waals surface area (Å²) in [4.78, 5) is 16.5. The minimum atomic E-state index is -0.122. The number of piperazine rings is 1. The normalized spacial score (nSPS) is 13.8. The molecule has 9 heteroatoms. The maximum absolute atomic E-state index is 12.6. The quantitative estimate of drug-likeness (QED) is 0.420. The molecule has 0 atom stereocenters. The molecule has 1 aliphatic heterocycles. The lowest BCUT2D eigenvalue weighted by Gasteiger charge is -2.35. The van der Waals surface area contributed by atoms with Crippen LogP contribution in [0.1, 0.15) is 12.5 Å². The maximum atomic E-state index is 12.6. The summed E-state index contributed by atoms with van der Waals surface area (Å²) in [5.74, 6) is 1.02. The molecule has 33 heavy (non-hydrogen) atoms. The van der Waals surface area contributed by atoms with Crippen molar-refractivity contribution in [1.82, 2.24) is 15.1 Å². The Morgan fingerprint density at radius 1 is 0.909 bits per heavy atom. The van der Waals surface area contributed by atoms with Gasteiger partial charge in [0.05, 0.1) is 20.8 Å². The van der Waals surface area contributed by atoms with Crippen LogP contribution in [0.2, 0.25) is 15.1 Å². The van der Waals surface area contributed by atoms with E-state index < -0.39 is 0 Å². The van der Waals surface area contributed by atoms with Gasteiger partial charge in [-0.3, -0.25) is 4.79 Å². The van der Waals surface area contributed by atoms with Crippen LogP contribution in [0.15, 0.2) is 48.5 Å². The van der Waals surface area contributed by atoms with Crippen LogP contribution in [-0.4, -0.2) is 53.8 Å². The van der Waals surface area contributed by atoms with Gasteiger partial charge in [-0.15, -0.1) is 10.2 Å². The van der Waals surface area contributed by atoms with Crippen molar-refractivity contribution in [3.8, 4) is 17.0 Å². The molecule has 1 aliphatic rings. The van der Waals surface area contributed by atoms with E-state index in [2.05, 4.69) is 46.3 Å². The predicted octanol–water partition coefficient (Wildman–Crippen LogP) is 5.39. The van der Waals surface area contributed by atoms with Gasteiger partial charge in [-0.25, -0.2) is 0 Å². The van der Waals surface area contributed by atoms with Crippen LogP contribution in [0.25, 0.3) is 11.3 Å². The van der Waals surface area contributed by atoms with Crippen molar-refractivity contribution in [2.24, 2.45) is 0 Å². The van der Waals surface area contributed by atoms with E-state index >= 15 is 0 Å². The number of hydrogen-bond acceptors (Lipinski definition) is 5. The predicted molar refractivity (Wildman–Crippen MR) is 133 cm³/mol. The van der Waals surface area contributed by atoms with E-state index in [1.807, 2.05) is 12.1 Å². The molecular formula is C24H23Cl3N4O2. The Morgan fingerprint density at radius 2 is 1.61 bits per heavy atom. The summed E-state index contributed by atoms with van der Waals surface area (Å²) < 4.78 is 5.57. The first-order valence-corrected chi connectivity index (χ1v) is 11.8. The largest absolute Gasteiger partial charge is 0.482 e. The van der Waals surface area contributed by atoms with Gasteiger partial charge < -0.3 is 14.5 Å².